The van der Waals surface area contributed by atoms with E-state index in [0.29, 0.717) is 32.8 Å². The van der Waals surface area contributed by atoms with Gasteiger partial charge < -0.3 is 4.74 Å². The molecule has 1 aliphatic rings. The number of hydrogen-bond donors (Lipinski definition) is 1. The smallest absolute Gasteiger partial charge is 0.335 e. The minimum absolute atomic E-state index is 0.0363. The molecule has 4 aromatic carbocycles. The fourth-order valence-electron chi connectivity index (χ4n) is 4.28. The van der Waals surface area contributed by atoms with Crippen LogP contribution in [0.2, 0.25) is 5.02 Å². The van der Waals surface area contributed by atoms with Crippen molar-refractivity contribution >= 4 is 57.7 Å². The lowest BCUT2D eigenvalue weighted by Gasteiger charge is -2.28. The summed E-state index contributed by atoms with van der Waals surface area (Å²) in [6.07, 6.45) is 1.41. The van der Waals surface area contributed by atoms with Gasteiger partial charge in [0.1, 0.15) is 17.9 Å². The van der Waals surface area contributed by atoms with Crippen LogP contribution in [0.25, 0.3) is 16.8 Å². The van der Waals surface area contributed by atoms with Crippen molar-refractivity contribution < 1.29 is 24.0 Å². The van der Waals surface area contributed by atoms with Crippen LogP contribution in [0.1, 0.15) is 16.7 Å². The Kier molecular flexibility index (Phi) is 6.83. The number of nitrogens with one attached hydrogen (secondary N) is 1. The van der Waals surface area contributed by atoms with Crippen LogP contribution in [0, 0.1) is 17.0 Å². The highest BCUT2D eigenvalue weighted by atomic mass is 35.5. The molecule has 0 saturated carbocycles. The molecule has 39 heavy (non-hydrogen) atoms. The molecule has 1 aliphatic heterocycles. The van der Waals surface area contributed by atoms with E-state index in [9.17, 15) is 24.5 Å². The van der Waals surface area contributed by atoms with Gasteiger partial charge in [-0.15, -0.1) is 0 Å². The fraction of sp³-hybridized carbons (Fsp3) is 0.0690. The Morgan fingerprint density at radius 2 is 1.72 bits per heavy atom. The van der Waals surface area contributed by atoms with E-state index in [1.807, 2.05) is 30.3 Å². The number of imide groups is 2. The molecule has 0 aromatic heterocycles. The molecule has 9 nitrogen and oxygen atoms in total. The van der Waals surface area contributed by atoms with E-state index in [4.69, 9.17) is 16.3 Å². The van der Waals surface area contributed by atoms with Crippen LogP contribution >= 0.6 is 11.6 Å². The van der Waals surface area contributed by atoms with Crippen LogP contribution in [-0.2, 0) is 16.2 Å². The summed E-state index contributed by atoms with van der Waals surface area (Å²) < 4.78 is 6.06. The molecular weight excluding hydrogens is 522 g/mol. The molecular formula is C29H20ClN3O6. The number of non-ortho nitro benzene ring substituents is 1. The predicted molar refractivity (Wildman–Crippen MR) is 147 cm³/mol. The maximum Gasteiger partial charge on any atom is 0.335 e. The molecule has 0 unspecified atom stereocenters. The number of halogens is 1. The highest BCUT2D eigenvalue weighted by Crippen LogP contribution is 2.34. The monoisotopic (exact) mass is 541 g/mol. The fourth-order valence-corrected chi connectivity index (χ4v) is 4.45. The van der Waals surface area contributed by atoms with Crippen LogP contribution in [-0.4, -0.2) is 22.8 Å². The second-order valence-electron chi connectivity index (χ2n) is 8.75. The zero-order valence-corrected chi connectivity index (χ0v) is 21.3. The van der Waals surface area contributed by atoms with E-state index in [1.54, 1.807) is 43.3 Å². The van der Waals surface area contributed by atoms with Gasteiger partial charge in [-0.3, -0.25) is 25.0 Å². The minimum Gasteiger partial charge on any atom is -0.488 e. The standard InChI is InChI=1S/C29H20ClN3O6/c1-17-24(30)7-4-8-25(17)32-28(35)23(27(34)31-29(32)36)15-22-21-6-3-2-5-19(21)11-14-26(22)39-16-18-9-12-20(13-10-18)33(37)38/h2-15H,16H2,1H3,(H,31,34,36)/b23-15+. The molecule has 4 amide bonds. The van der Waals surface area contributed by atoms with E-state index in [2.05, 4.69) is 5.32 Å². The minimum atomic E-state index is -0.875. The SMILES string of the molecule is Cc1c(Cl)cccc1N1C(=O)NC(=O)/C(=C\c2c(OCc3ccc([N+](=O)[O-])cc3)ccc3ccccc23)C1=O. The van der Waals surface area contributed by atoms with Crippen LogP contribution < -0.4 is 15.0 Å². The third-order valence-electron chi connectivity index (χ3n) is 6.34. The lowest BCUT2D eigenvalue weighted by molar-refractivity contribution is -0.384. The number of barbiturate groups is 1. The maximum atomic E-state index is 13.6. The van der Waals surface area contributed by atoms with Gasteiger partial charge in [0, 0.05) is 22.7 Å². The van der Waals surface area contributed by atoms with Crippen LogP contribution in [0.5, 0.6) is 5.75 Å². The first-order valence-corrected chi connectivity index (χ1v) is 12.2. The largest absolute Gasteiger partial charge is 0.488 e. The van der Waals surface area contributed by atoms with Gasteiger partial charge in [0.15, 0.2) is 0 Å². The Morgan fingerprint density at radius 1 is 0.974 bits per heavy atom. The summed E-state index contributed by atoms with van der Waals surface area (Å²) in [5, 5.41) is 15.1. The summed E-state index contributed by atoms with van der Waals surface area (Å²) in [4.78, 5) is 50.5. The second kappa shape index (κ2) is 10.4. The molecule has 0 aliphatic carbocycles. The zero-order valence-electron chi connectivity index (χ0n) is 20.5. The highest BCUT2D eigenvalue weighted by Gasteiger charge is 2.38. The average Bonchev–Trinajstić information content (AvgIpc) is 2.92. The Morgan fingerprint density at radius 3 is 2.46 bits per heavy atom. The van der Waals surface area contributed by atoms with Crippen molar-refractivity contribution in [1.29, 1.82) is 0 Å². The van der Waals surface area contributed by atoms with E-state index in [1.165, 1.54) is 18.2 Å². The number of amides is 4. The van der Waals surface area contributed by atoms with Crippen molar-refractivity contribution in [3.63, 3.8) is 0 Å². The van der Waals surface area contributed by atoms with Gasteiger partial charge in [-0.1, -0.05) is 48.0 Å². The van der Waals surface area contributed by atoms with E-state index in [0.717, 1.165) is 10.3 Å². The van der Waals surface area contributed by atoms with Gasteiger partial charge in [0.25, 0.3) is 17.5 Å². The average molecular weight is 542 g/mol. The van der Waals surface area contributed by atoms with Crippen molar-refractivity contribution in [1.82, 2.24) is 5.32 Å². The van der Waals surface area contributed by atoms with E-state index in [-0.39, 0.29) is 23.6 Å². The number of carbonyl (C=O) groups excluding carboxylic acids is 3. The molecule has 1 saturated heterocycles. The number of carbonyl (C=O) groups is 3. The van der Waals surface area contributed by atoms with Gasteiger partial charge >= 0.3 is 6.03 Å². The summed E-state index contributed by atoms with van der Waals surface area (Å²) in [5.74, 6) is -1.26. The highest BCUT2D eigenvalue weighted by molar-refractivity contribution is 6.40. The molecule has 0 atom stereocenters. The van der Waals surface area contributed by atoms with Gasteiger partial charge in [-0.05, 0) is 65.2 Å². The number of anilines is 1. The third kappa shape index (κ3) is 4.95. The predicted octanol–water partition coefficient (Wildman–Crippen LogP) is 5.96. The number of urea groups is 1. The molecule has 194 valence electrons. The first-order valence-electron chi connectivity index (χ1n) is 11.8. The van der Waals surface area contributed by atoms with Crippen LogP contribution in [0.15, 0.2) is 84.4 Å². The number of benzene rings is 4. The molecule has 5 rings (SSSR count). The summed E-state index contributed by atoms with van der Waals surface area (Å²) in [6.45, 7) is 1.76. The Labute approximate surface area is 227 Å². The third-order valence-corrected chi connectivity index (χ3v) is 6.75. The van der Waals surface area contributed by atoms with Gasteiger partial charge in [0.05, 0.1) is 10.6 Å². The molecule has 1 N–H and O–H groups in total. The van der Waals surface area contributed by atoms with Gasteiger partial charge in [-0.25, -0.2) is 9.69 Å². The molecule has 4 aromatic rings. The Balaban J connectivity index is 1.56. The Hall–Kier alpha value is -5.02. The molecule has 10 heteroatoms. The maximum absolute atomic E-state index is 13.6. The van der Waals surface area contributed by atoms with Crippen molar-refractivity contribution in [2.45, 2.75) is 13.5 Å². The molecule has 1 heterocycles. The van der Waals surface area contributed by atoms with Crippen LogP contribution in [0.3, 0.4) is 0 Å². The van der Waals surface area contributed by atoms with E-state index >= 15 is 0 Å². The summed E-state index contributed by atoms with van der Waals surface area (Å²) in [6, 6.07) is 20.8. The number of nitro benzene ring substituents is 1. The van der Waals surface area contributed by atoms with Gasteiger partial charge in [0.2, 0.25) is 0 Å². The first-order chi connectivity index (χ1) is 18.7. The number of fused-ring (bicyclic) bond motifs is 1. The first kappa shape index (κ1) is 25.6. The lowest BCUT2D eigenvalue weighted by Crippen LogP contribution is -2.54. The molecule has 1 fully saturated rings. The number of nitrogens with zero attached hydrogens (tertiary/aromatic N) is 2. The number of hydrogen-bond acceptors (Lipinski definition) is 6. The topological polar surface area (TPSA) is 119 Å². The quantitative estimate of drug-likeness (QED) is 0.139. The van der Waals surface area contributed by atoms with Crippen molar-refractivity contribution in [2.75, 3.05) is 4.90 Å². The second-order valence-corrected chi connectivity index (χ2v) is 9.16. The molecule has 0 radical (unpaired) electrons. The molecule has 0 spiro atoms. The normalized spacial score (nSPS) is 14.6. The Bertz CT molecular complexity index is 1700. The summed E-state index contributed by atoms with van der Waals surface area (Å²) in [7, 11) is 0. The number of ether oxygens (including phenoxy) is 1. The van der Waals surface area contributed by atoms with Gasteiger partial charge in [-0.2, -0.15) is 0 Å². The molecule has 0 bridgehead atoms. The summed E-state index contributed by atoms with van der Waals surface area (Å²) >= 11 is 6.22. The zero-order chi connectivity index (χ0) is 27.7. The lowest BCUT2D eigenvalue weighted by atomic mass is 9.99. The van der Waals surface area contributed by atoms with Crippen molar-refractivity contribution in [3.8, 4) is 5.75 Å². The summed E-state index contributed by atoms with van der Waals surface area (Å²) in [5.41, 5.74) is 1.62. The number of rotatable bonds is 6. The van der Waals surface area contributed by atoms with Crippen molar-refractivity contribution in [3.05, 3.63) is 116 Å². The van der Waals surface area contributed by atoms with E-state index < -0.39 is 22.8 Å². The van der Waals surface area contributed by atoms with Crippen molar-refractivity contribution in [2.24, 2.45) is 0 Å². The van der Waals surface area contributed by atoms with Crippen LogP contribution in [0.4, 0.5) is 16.2 Å². The number of nitro groups is 1.